The molecule has 0 radical (unpaired) electrons. The van der Waals surface area contributed by atoms with E-state index in [1.807, 2.05) is 13.8 Å². The Morgan fingerprint density at radius 1 is 1.21 bits per heavy atom. The van der Waals surface area contributed by atoms with Gasteiger partial charge in [-0.1, -0.05) is 13.8 Å². The first kappa shape index (κ1) is 13.9. The molecule has 86 valence electrons. The highest BCUT2D eigenvalue weighted by atomic mass is 32.2. The molecule has 0 saturated carbocycles. The Labute approximate surface area is 87.0 Å². The highest BCUT2D eigenvalue weighted by Crippen LogP contribution is 2.15. The summed E-state index contributed by atoms with van der Waals surface area (Å²) < 4.78 is 24.8. The summed E-state index contributed by atoms with van der Waals surface area (Å²) in [6, 6.07) is -0.331. The van der Waals surface area contributed by atoms with Gasteiger partial charge in [-0.05, 0) is 19.8 Å². The van der Waals surface area contributed by atoms with Crippen molar-refractivity contribution in [3.8, 4) is 0 Å². The van der Waals surface area contributed by atoms with E-state index in [2.05, 4.69) is 0 Å². The number of aliphatic hydroxyl groups excluding tert-OH is 1. The number of rotatable bonds is 5. The van der Waals surface area contributed by atoms with Crippen molar-refractivity contribution in [1.29, 1.82) is 0 Å². The Bertz CT molecular complexity index is 259. The molecule has 0 saturated heterocycles. The van der Waals surface area contributed by atoms with Crippen molar-refractivity contribution < 1.29 is 13.5 Å². The second kappa shape index (κ2) is 5.09. The van der Waals surface area contributed by atoms with E-state index in [1.165, 1.54) is 11.4 Å². The minimum Gasteiger partial charge on any atom is -0.395 e. The van der Waals surface area contributed by atoms with E-state index in [9.17, 15) is 8.42 Å². The van der Waals surface area contributed by atoms with Gasteiger partial charge in [-0.25, -0.2) is 8.42 Å². The SMILES string of the molecule is CC(C)[C@@H](CO)N(C)S(=O)(=O)C(C)C. The lowest BCUT2D eigenvalue weighted by atomic mass is 10.1. The number of sulfonamides is 1. The minimum absolute atomic E-state index is 0.110. The third-order valence-electron chi connectivity index (χ3n) is 2.42. The fraction of sp³-hybridized carbons (Fsp3) is 1.00. The molecule has 0 aliphatic rings. The molecule has 0 spiro atoms. The van der Waals surface area contributed by atoms with Gasteiger partial charge in [-0.15, -0.1) is 0 Å². The molecular formula is C9H21NO3S. The van der Waals surface area contributed by atoms with Gasteiger partial charge < -0.3 is 5.11 Å². The topological polar surface area (TPSA) is 57.6 Å². The van der Waals surface area contributed by atoms with E-state index in [0.717, 1.165) is 0 Å². The van der Waals surface area contributed by atoms with Gasteiger partial charge in [-0.2, -0.15) is 4.31 Å². The summed E-state index contributed by atoms with van der Waals surface area (Å²) in [5.74, 6) is 0.110. The minimum atomic E-state index is -3.26. The van der Waals surface area contributed by atoms with Gasteiger partial charge in [0, 0.05) is 13.1 Å². The second-order valence-corrected chi connectivity index (χ2v) is 6.65. The highest BCUT2D eigenvalue weighted by molar-refractivity contribution is 7.89. The number of aliphatic hydroxyl groups is 1. The van der Waals surface area contributed by atoms with Gasteiger partial charge in [0.15, 0.2) is 0 Å². The van der Waals surface area contributed by atoms with Gasteiger partial charge in [0.05, 0.1) is 11.9 Å². The summed E-state index contributed by atoms with van der Waals surface area (Å²) in [6.07, 6.45) is 0. The molecule has 0 fully saturated rings. The van der Waals surface area contributed by atoms with Crippen LogP contribution < -0.4 is 0 Å². The average Bonchev–Trinajstić information content (AvgIpc) is 2.04. The van der Waals surface area contributed by atoms with Crippen molar-refractivity contribution in [2.45, 2.75) is 39.0 Å². The standard InChI is InChI=1S/C9H21NO3S/c1-7(2)9(6-11)10(5)14(12,13)8(3)4/h7-9,11H,6H2,1-5H3/t9-/m1/s1. The van der Waals surface area contributed by atoms with Crippen LogP contribution in [0.3, 0.4) is 0 Å². The molecule has 14 heavy (non-hydrogen) atoms. The summed E-state index contributed by atoms with van der Waals surface area (Å²) in [5, 5.41) is 8.66. The van der Waals surface area contributed by atoms with E-state index in [-0.39, 0.29) is 18.6 Å². The first-order valence-corrected chi connectivity index (χ1v) is 6.33. The van der Waals surface area contributed by atoms with Crippen LogP contribution in [0, 0.1) is 5.92 Å². The summed E-state index contributed by atoms with van der Waals surface area (Å²) in [6.45, 7) is 6.93. The van der Waals surface area contributed by atoms with Crippen LogP contribution in [0.5, 0.6) is 0 Å². The molecule has 0 bridgehead atoms. The monoisotopic (exact) mass is 223 g/mol. The molecular weight excluding hydrogens is 202 g/mol. The summed E-state index contributed by atoms with van der Waals surface area (Å²) >= 11 is 0. The third kappa shape index (κ3) is 2.93. The molecule has 0 aromatic rings. The number of hydrogen-bond acceptors (Lipinski definition) is 3. The van der Waals surface area contributed by atoms with E-state index >= 15 is 0 Å². The highest BCUT2D eigenvalue weighted by Gasteiger charge is 2.30. The van der Waals surface area contributed by atoms with Crippen LogP contribution in [0.1, 0.15) is 27.7 Å². The molecule has 5 heteroatoms. The van der Waals surface area contributed by atoms with Crippen LogP contribution in [-0.2, 0) is 10.0 Å². The molecule has 0 aliphatic heterocycles. The molecule has 0 unspecified atom stereocenters. The van der Waals surface area contributed by atoms with Crippen molar-refractivity contribution in [1.82, 2.24) is 4.31 Å². The molecule has 4 nitrogen and oxygen atoms in total. The third-order valence-corrected chi connectivity index (χ3v) is 4.69. The number of likely N-dealkylation sites (N-methyl/N-ethyl adjacent to an activating group) is 1. The smallest absolute Gasteiger partial charge is 0.216 e. The van der Waals surface area contributed by atoms with Gasteiger partial charge in [-0.3, -0.25) is 0 Å². The maximum atomic E-state index is 11.7. The first-order valence-electron chi connectivity index (χ1n) is 4.82. The molecule has 0 rings (SSSR count). The first-order chi connectivity index (χ1) is 6.25. The Hall–Kier alpha value is -0.130. The van der Waals surface area contributed by atoms with Crippen molar-refractivity contribution >= 4 is 10.0 Å². The van der Waals surface area contributed by atoms with Crippen LogP contribution in [0.4, 0.5) is 0 Å². The molecule has 1 atom stereocenters. The molecule has 0 aromatic heterocycles. The molecule has 0 amide bonds. The Balaban J connectivity index is 4.84. The van der Waals surface area contributed by atoms with E-state index in [1.54, 1.807) is 13.8 Å². The van der Waals surface area contributed by atoms with Crippen molar-refractivity contribution in [2.75, 3.05) is 13.7 Å². The van der Waals surface area contributed by atoms with Crippen LogP contribution in [0.25, 0.3) is 0 Å². The lowest BCUT2D eigenvalue weighted by Gasteiger charge is -2.30. The normalized spacial score (nSPS) is 15.5. The van der Waals surface area contributed by atoms with Gasteiger partial charge in [0.2, 0.25) is 10.0 Å². The van der Waals surface area contributed by atoms with Gasteiger partial charge in [0.25, 0.3) is 0 Å². The lowest BCUT2D eigenvalue weighted by Crippen LogP contribution is -2.45. The summed E-state index contributed by atoms with van der Waals surface area (Å²) in [5.41, 5.74) is 0. The second-order valence-electron chi connectivity index (χ2n) is 4.10. The van der Waals surface area contributed by atoms with Crippen molar-refractivity contribution in [3.05, 3.63) is 0 Å². The van der Waals surface area contributed by atoms with Gasteiger partial charge in [0.1, 0.15) is 0 Å². The van der Waals surface area contributed by atoms with Crippen LogP contribution in [0.15, 0.2) is 0 Å². The Morgan fingerprint density at radius 2 is 1.64 bits per heavy atom. The van der Waals surface area contributed by atoms with Crippen LogP contribution in [-0.4, -0.2) is 42.8 Å². The Morgan fingerprint density at radius 3 is 1.86 bits per heavy atom. The summed E-state index contributed by atoms with van der Waals surface area (Å²) in [7, 11) is -1.74. The largest absolute Gasteiger partial charge is 0.395 e. The zero-order valence-electron chi connectivity index (χ0n) is 9.56. The zero-order chi connectivity index (χ0) is 11.5. The van der Waals surface area contributed by atoms with E-state index in [0.29, 0.717) is 0 Å². The quantitative estimate of drug-likeness (QED) is 0.745. The molecule has 0 aliphatic carbocycles. The van der Waals surface area contributed by atoms with E-state index < -0.39 is 15.3 Å². The van der Waals surface area contributed by atoms with Crippen molar-refractivity contribution in [3.63, 3.8) is 0 Å². The predicted molar refractivity (Wildman–Crippen MR) is 57.5 cm³/mol. The summed E-state index contributed by atoms with van der Waals surface area (Å²) in [4.78, 5) is 0. The fourth-order valence-corrected chi connectivity index (χ4v) is 2.62. The van der Waals surface area contributed by atoms with Crippen LogP contribution in [0.2, 0.25) is 0 Å². The lowest BCUT2D eigenvalue weighted by molar-refractivity contribution is 0.166. The number of nitrogens with zero attached hydrogens (tertiary/aromatic N) is 1. The molecule has 0 heterocycles. The average molecular weight is 223 g/mol. The maximum absolute atomic E-state index is 11.7. The van der Waals surface area contributed by atoms with Crippen molar-refractivity contribution in [2.24, 2.45) is 5.92 Å². The molecule has 1 N–H and O–H groups in total. The maximum Gasteiger partial charge on any atom is 0.216 e. The predicted octanol–water partition coefficient (Wildman–Crippen LogP) is 0.673. The number of hydrogen-bond donors (Lipinski definition) is 1. The zero-order valence-corrected chi connectivity index (χ0v) is 10.4. The molecule has 0 aromatic carbocycles. The van der Waals surface area contributed by atoms with Crippen LogP contribution >= 0.6 is 0 Å². The van der Waals surface area contributed by atoms with E-state index in [4.69, 9.17) is 5.11 Å². The fourth-order valence-electron chi connectivity index (χ4n) is 1.27. The van der Waals surface area contributed by atoms with Gasteiger partial charge >= 0.3 is 0 Å². The Kier molecular flexibility index (Phi) is 5.05.